The molecule has 4 aromatic rings. The SMILES string of the molecule is C.C.CNS(=O)(=O)c1ccc(N2CC[C@@H](O)C2=O)cc1.CNS(=O)(=O)c1ccc(N2CC[C@H](O[Si](c3ccccc3)(c3ccccc3)C(C)(C)C)C2=O)cc1. The first kappa shape index (κ1) is 45.2. The lowest BCUT2D eigenvalue weighted by Crippen LogP contribution is -2.68. The number of carbonyl (C=O) groups is 2. The minimum atomic E-state index is -3.54. The van der Waals surface area contributed by atoms with E-state index in [1.54, 1.807) is 29.2 Å². The largest absolute Gasteiger partial charge is 0.395 e. The van der Waals surface area contributed by atoms with Gasteiger partial charge in [-0.15, -0.1) is 0 Å². The van der Waals surface area contributed by atoms with Crippen molar-refractivity contribution in [3.63, 3.8) is 0 Å². The molecule has 2 aliphatic rings. The van der Waals surface area contributed by atoms with Crippen molar-refractivity contribution in [1.29, 1.82) is 0 Å². The number of anilines is 2. The molecule has 55 heavy (non-hydrogen) atoms. The van der Waals surface area contributed by atoms with Crippen LogP contribution >= 0.6 is 0 Å². The molecule has 0 spiro atoms. The minimum Gasteiger partial charge on any atom is -0.395 e. The molecular formula is C40H54N4O8S2Si. The predicted molar refractivity (Wildman–Crippen MR) is 221 cm³/mol. The number of amides is 2. The lowest BCUT2D eigenvalue weighted by molar-refractivity contribution is -0.124. The lowest BCUT2D eigenvalue weighted by Gasteiger charge is -2.44. The van der Waals surface area contributed by atoms with E-state index in [9.17, 15) is 31.5 Å². The summed E-state index contributed by atoms with van der Waals surface area (Å²) in [5.41, 5.74) is 1.25. The van der Waals surface area contributed by atoms with Gasteiger partial charge in [0.2, 0.25) is 20.0 Å². The maximum atomic E-state index is 13.6. The first-order chi connectivity index (χ1) is 25.1. The summed E-state index contributed by atoms with van der Waals surface area (Å²) < 4.78 is 58.7. The summed E-state index contributed by atoms with van der Waals surface area (Å²) in [6.07, 6.45) is -0.567. The first-order valence-corrected chi connectivity index (χ1v) is 22.1. The van der Waals surface area contributed by atoms with Crippen LogP contribution in [0.4, 0.5) is 11.4 Å². The Labute approximate surface area is 327 Å². The van der Waals surface area contributed by atoms with Gasteiger partial charge >= 0.3 is 0 Å². The molecule has 15 heteroatoms. The van der Waals surface area contributed by atoms with Gasteiger partial charge in [0.05, 0.1) is 9.79 Å². The van der Waals surface area contributed by atoms with E-state index >= 15 is 0 Å². The molecule has 0 bridgehead atoms. The summed E-state index contributed by atoms with van der Waals surface area (Å²) in [7, 11) is -7.15. The number of aliphatic hydroxyl groups excluding tert-OH is 1. The van der Waals surface area contributed by atoms with Gasteiger partial charge in [-0.3, -0.25) is 9.59 Å². The van der Waals surface area contributed by atoms with Crippen molar-refractivity contribution in [2.75, 3.05) is 37.0 Å². The molecule has 2 amide bonds. The molecule has 0 aromatic heterocycles. The molecule has 4 aromatic carbocycles. The second-order valence-corrected chi connectivity index (χ2v) is 21.8. The van der Waals surface area contributed by atoms with Crippen LogP contribution in [0.5, 0.6) is 0 Å². The molecule has 2 atom stereocenters. The Morgan fingerprint density at radius 3 is 1.36 bits per heavy atom. The molecule has 0 saturated carbocycles. The zero-order chi connectivity index (χ0) is 38.6. The lowest BCUT2D eigenvalue weighted by atomic mass is 10.2. The van der Waals surface area contributed by atoms with E-state index in [4.69, 9.17) is 4.43 Å². The maximum absolute atomic E-state index is 13.6. The van der Waals surface area contributed by atoms with Crippen LogP contribution in [0.3, 0.4) is 0 Å². The van der Waals surface area contributed by atoms with Crippen molar-refractivity contribution in [1.82, 2.24) is 9.44 Å². The highest BCUT2D eigenvalue weighted by atomic mass is 32.2. The van der Waals surface area contributed by atoms with Gasteiger partial charge in [-0.05, 0) is 84.5 Å². The van der Waals surface area contributed by atoms with E-state index in [2.05, 4.69) is 54.5 Å². The molecule has 0 unspecified atom stereocenters. The number of rotatable bonds is 10. The monoisotopic (exact) mass is 810 g/mol. The maximum Gasteiger partial charge on any atom is 0.262 e. The Kier molecular flexibility index (Phi) is 14.9. The van der Waals surface area contributed by atoms with Crippen LogP contribution in [-0.2, 0) is 34.1 Å². The van der Waals surface area contributed by atoms with E-state index in [0.29, 0.717) is 37.3 Å². The van der Waals surface area contributed by atoms with Crippen molar-refractivity contribution < 1.29 is 36.0 Å². The summed E-state index contributed by atoms with van der Waals surface area (Å²) in [6, 6.07) is 32.9. The number of hydrogen-bond acceptors (Lipinski definition) is 8. The fraction of sp³-hybridized carbons (Fsp3) is 0.350. The molecule has 0 radical (unpaired) electrons. The van der Waals surface area contributed by atoms with E-state index in [1.165, 1.54) is 43.3 Å². The molecule has 2 saturated heterocycles. The van der Waals surface area contributed by atoms with Gasteiger partial charge in [-0.25, -0.2) is 26.3 Å². The minimum absolute atomic E-state index is 0. The standard InChI is InChI=1S/C27H32N2O4SSi.C11H14N2O4S.2CH4/c1-27(2,3)35(23-11-7-5-8-12-23,24-13-9-6-10-14-24)33-25-19-20-29(26(25)30)21-15-17-22(18-16-21)34(31,32)28-4;1-12-18(16,17)9-4-2-8(3-5-9)13-7-6-10(14)11(13)15;;/h5-18,25,28H,19-20H2,1-4H3;2-5,10,12,14H,6-7H2,1H3;2*1H4/t25-;10-;;/m01../s1. The zero-order valence-electron chi connectivity index (χ0n) is 30.4. The third kappa shape index (κ3) is 9.43. The van der Waals surface area contributed by atoms with Crippen molar-refractivity contribution in [2.24, 2.45) is 0 Å². The van der Waals surface area contributed by atoms with Crippen molar-refractivity contribution in [3.8, 4) is 0 Å². The third-order valence-corrected chi connectivity index (χ3v) is 17.4. The fourth-order valence-corrected chi connectivity index (χ4v) is 12.8. The van der Waals surface area contributed by atoms with Gasteiger partial charge in [-0.2, -0.15) is 0 Å². The number of aliphatic hydroxyl groups is 1. The normalized spacial score (nSPS) is 17.6. The summed E-state index contributed by atoms with van der Waals surface area (Å²) in [6.45, 7) is 7.53. The molecule has 2 fully saturated rings. The predicted octanol–water partition coefficient (Wildman–Crippen LogP) is 4.24. The van der Waals surface area contributed by atoms with Gasteiger partial charge in [0.25, 0.3) is 20.1 Å². The summed E-state index contributed by atoms with van der Waals surface area (Å²) in [4.78, 5) is 28.6. The quantitative estimate of drug-likeness (QED) is 0.201. The number of benzene rings is 4. The van der Waals surface area contributed by atoms with Gasteiger partial charge in [0.1, 0.15) is 12.2 Å². The Hall–Kier alpha value is -4.22. The summed E-state index contributed by atoms with van der Waals surface area (Å²) in [5.74, 6) is -0.443. The Bertz CT molecular complexity index is 2070. The topological polar surface area (TPSA) is 162 Å². The Morgan fingerprint density at radius 2 is 1.02 bits per heavy atom. The number of nitrogens with one attached hydrogen (secondary N) is 2. The molecular weight excluding hydrogens is 757 g/mol. The van der Waals surface area contributed by atoms with E-state index in [1.807, 2.05) is 36.4 Å². The van der Waals surface area contributed by atoms with Gasteiger partial charge in [0, 0.05) is 30.9 Å². The van der Waals surface area contributed by atoms with Crippen LogP contribution < -0.4 is 29.6 Å². The molecule has 2 aliphatic heterocycles. The van der Waals surface area contributed by atoms with Crippen LogP contribution in [-0.4, -0.2) is 81.5 Å². The van der Waals surface area contributed by atoms with Crippen molar-refractivity contribution >= 4 is 61.9 Å². The number of hydrogen-bond donors (Lipinski definition) is 3. The molecule has 12 nitrogen and oxygen atoms in total. The summed E-state index contributed by atoms with van der Waals surface area (Å²) in [5, 5.41) is 11.4. The molecule has 6 rings (SSSR count). The van der Waals surface area contributed by atoms with Gasteiger partial charge in [0.15, 0.2) is 0 Å². The Balaban J connectivity index is 0.000000344. The fourth-order valence-electron chi connectivity index (χ4n) is 6.69. The average Bonchev–Trinajstić information content (AvgIpc) is 3.70. The average molecular weight is 811 g/mol. The van der Waals surface area contributed by atoms with E-state index < -0.39 is 40.6 Å². The van der Waals surface area contributed by atoms with Crippen LogP contribution in [0, 0.1) is 0 Å². The second kappa shape index (κ2) is 18.2. The van der Waals surface area contributed by atoms with Gasteiger partial charge in [-0.1, -0.05) is 96.3 Å². The highest BCUT2D eigenvalue weighted by Gasteiger charge is 2.53. The van der Waals surface area contributed by atoms with Crippen LogP contribution in [0.2, 0.25) is 5.04 Å². The Morgan fingerprint density at radius 1 is 0.636 bits per heavy atom. The van der Waals surface area contributed by atoms with E-state index in [-0.39, 0.29) is 41.5 Å². The van der Waals surface area contributed by atoms with Crippen LogP contribution in [0.15, 0.2) is 119 Å². The third-order valence-electron chi connectivity index (χ3n) is 9.52. The second-order valence-electron chi connectivity index (χ2n) is 13.7. The van der Waals surface area contributed by atoms with Gasteiger partial charge < -0.3 is 19.3 Å². The first-order valence-electron chi connectivity index (χ1n) is 17.2. The molecule has 298 valence electrons. The van der Waals surface area contributed by atoms with E-state index in [0.717, 1.165) is 10.4 Å². The number of carbonyl (C=O) groups excluding carboxylic acids is 2. The molecule has 3 N–H and O–H groups in total. The molecule has 2 heterocycles. The van der Waals surface area contributed by atoms with Crippen LogP contribution in [0.25, 0.3) is 0 Å². The van der Waals surface area contributed by atoms with Crippen molar-refractivity contribution in [2.45, 2.75) is 75.5 Å². The number of nitrogens with zero attached hydrogens (tertiary/aromatic N) is 2. The smallest absolute Gasteiger partial charge is 0.262 e. The number of sulfonamides is 2. The van der Waals surface area contributed by atoms with Crippen LogP contribution in [0.1, 0.15) is 48.5 Å². The summed E-state index contributed by atoms with van der Waals surface area (Å²) >= 11 is 0. The zero-order valence-corrected chi connectivity index (χ0v) is 33.0. The highest BCUT2D eigenvalue weighted by molar-refractivity contribution is 7.89. The highest BCUT2D eigenvalue weighted by Crippen LogP contribution is 2.39. The molecule has 0 aliphatic carbocycles. The van der Waals surface area contributed by atoms with Crippen molar-refractivity contribution in [3.05, 3.63) is 109 Å².